The Morgan fingerprint density at radius 3 is 2.70 bits per heavy atom. The van der Waals surface area contributed by atoms with E-state index < -0.39 is 21.5 Å². The summed E-state index contributed by atoms with van der Waals surface area (Å²) in [7, 11) is -3.65. The maximum Gasteiger partial charge on any atom is 0.252 e. The Hall–Kier alpha value is -2.19. The molecule has 8 heteroatoms. The van der Waals surface area contributed by atoms with Crippen LogP contribution in [0.4, 0.5) is 0 Å². The number of fused-ring (bicyclic) bond motifs is 1. The highest BCUT2D eigenvalue weighted by atomic mass is 32.2. The summed E-state index contributed by atoms with van der Waals surface area (Å²) in [5.41, 5.74) is 0.200. The Labute approximate surface area is 158 Å². The molecule has 2 aromatic rings. The molecule has 1 aromatic carbocycles. The van der Waals surface area contributed by atoms with Crippen molar-refractivity contribution < 1.29 is 13.2 Å². The van der Waals surface area contributed by atoms with Crippen molar-refractivity contribution >= 4 is 26.8 Å². The lowest BCUT2D eigenvalue weighted by atomic mass is 10.0. The van der Waals surface area contributed by atoms with E-state index >= 15 is 0 Å². The minimum atomic E-state index is -3.65. The number of hydrogen-bond acceptors (Lipinski definition) is 4. The number of nitrogens with zero attached hydrogens (tertiary/aromatic N) is 1. The number of aromatic amines is 1. The Balaban J connectivity index is 2.09. The molecule has 1 aromatic heterocycles. The van der Waals surface area contributed by atoms with Crippen molar-refractivity contribution in [1.29, 1.82) is 0 Å². The first-order valence-electron chi connectivity index (χ1n) is 9.16. The largest absolute Gasteiger partial charge is 0.350 e. The Morgan fingerprint density at radius 1 is 1.30 bits per heavy atom. The number of nitrogens with one attached hydrogen (secondary N) is 2. The zero-order valence-corrected chi connectivity index (χ0v) is 16.6. The van der Waals surface area contributed by atoms with Crippen molar-refractivity contribution in [3.8, 4) is 0 Å². The lowest BCUT2D eigenvalue weighted by Gasteiger charge is -2.30. The summed E-state index contributed by atoms with van der Waals surface area (Å²) in [6, 6.07) is 5.61. The van der Waals surface area contributed by atoms with E-state index in [1.807, 2.05) is 20.8 Å². The molecule has 2 N–H and O–H groups in total. The van der Waals surface area contributed by atoms with Crippen LogP contribution in [0.1, 0.15) is 44.0 Å². The van der Waals surface area contributed by atoms with Crippen LogP contribution in [-0.4, -0.2) is 42.7 Å². The lowest BCUT2D eigenvalue weighted by Crippen LogP contribution is -2.39. The number of sulfonamides is 1. The fraction of sp³-hybridized carbons (Fsp3) is 0.474. The first-order valence-corrected chi connectivity index (χ1v) is 10.6. The number of carbonyl (C=O) groups excluding carboxylic acids is 1. The number of pyridine rings is 1. The number of rotatable bonds is 4. The summed E-state index contributed by atoms with van der Waals surface area (Å²) in [5, 5.41) is 3.17. The zero-order valence-electron chi connectivity index (χ0n) is 15.8. The van der Waals surface area contributed by atoms with Gasteiger partial charge in [0.05, 0.1) is 10.5 Å². The molecular weight excluding hydrogens is 366 g/mol. The van der Waals surface area contributed by atoms with Crippen LogP contribution in [0, 0.1) is 5.92 Å². The monoisotopic (exact) mass is 391 g/mol. The van der Waals surface area contributed by atoms with E-state index in [0.29, 0.717) is 29.9 Å². The summed E-state index contributed by atoms with van der Waals surface area (Å²) in [5.74, 6) is -0.0834. The minimum Gasteiger partial charge on any atom is -0.350 e. The average Bonchev–Trinajstić information content (AvgIpc) is 2.60. The number of carbonyl (C=O) groups is 1. The number of benzene rings is 1. The van der Waals surface area contributed by atoms with Gasteiger partial charge in [-0.1, -0.05) is 6.92 Å². The highest BCUT2D eigenvalue weighted by Gasteiger charge is 2.29. The van der Waals surface area contributed by atoms with E-state index in [-0.39, 0.29) is 16.5 Å². The molecule has 1 unspecified atom stereocenters. The number of aromatic nitrogens is 1. The third-order valence-corrected chi connectivity index (χ3v) is 6.60. The lowest BCUT2D eigenvalue weighted by molar-refractivity contribution is 0.0944. The van der Waals surface area contributed by atoms with Crippen LogP contribution in [-0.2, 0) is 10.0 Å². The molecule has 27 heavy (non-hydrogen) atoms. The Kier molecular flexibility index (Phi) is 5.39. The number of amides is 1. The Morgan fingerprint density at radius 2 is 2.04 bits per heavy atom. The van der Waals surface area contributed by atoms with Gasteiger partial charge in [-0.2, -0.15) is 4.31 Å². The molecule has 146 valence electrons. The van der Waals surface area contributed by atoms with Gasteiger partial charge in [0.2, 0.25) is 15.6 Å². The number of H-pyrrole nitrogens is 1. The van der Waals surface area contributed by atoms with Gasteiger partial charge in [0.15, 0.2) is 0 Å². The van der Waals surface area contributed by atoms with Gasteiger partial charge in [-0.15, -0.1) is 0 Å². The molecule has 0 bridgehead atoms. The normalized spacial score (nSPS) is 18.7. The first-order chi connectivity index (χ1) is 12.7. The molecule has 1 fully saturated rings. The molecule has 1 aliphatic rings. The second-order valence-electron chi connectivity index (χ2n) is 7.49. The SMILES string of the molecule is CC1CCCN(S(=O)(=O)c2ccc3[nH]c(=O)cc(C(=O)NC(C)C)c3c2)C1. The summed E-state index contributed by atoms with van der Waals surface area (Å²) in [4.78, 5) is 27.2. The highest BCUT2D eigenvalue weighted by Crippen LogP contribution is 2.26. The van der Waals surface area contributed by atoms with Crippen LogP contribution in [0.15, 0.2) is 34.0 Å². The second-order valence-corrected chi connectivity index (χ2v) is 9.43. The molecular formula is C19H25N3O4S. The van der Waals surface area contributed by atoms with Gasteiger partial charge in [0, 0.05) is 36.1 Å². The van der Waals surface area contributed by atoms with E-state index in [1.54, 1.807) is 6.07 Å². The van der Waals surface area contributed by atoms with E-state index in [2.05, 4.69) is 10.3 Å². The summed E-state index contributed by atoms with van der Waals surface area (Å²) < 4.78 is 27.6. The molecule has 7 nitrogen and oxygen atoms in total. The van der Waals surface area contributed by atoms with Crippen LogP contribution in [0.3, 0.4) is 0 Å². The third-order valence-electron chi connectivity index (χ3n) is 4.74. The van der Waals surface area contributed by atoms with Gasteiger partial charge < -0.3 is 10.3 Å². The van der Waals surface area contributed by atoms with E-state index in [0.717, 1.165) is 12.8 Å². The number of piperidine rings is 1. The molecule has 0 spiro atoms. The standard InChI is InChI=1S/C19H25N3O4S/c1-12(2)20-19(24)16-10-18(23)21-17-7-6-14(9-15(16)17)27(25,26)22-8-4-5-13(3)11-22/h6-7,9-10,12-13H,4-5,8,11H2,1-3H3,(H,20,24)(H,21,23). The van der Waals surface area contributed by atoms with Crippen LogP contribution in [0.25, 0.3) is 10.9 Å². The van der Waals surface area contributed by atoms with Crippen LogP contribution in [0.2, 0.25) is 0 Å². The van der Waals surface area contributed by atoms with Crippen LogP contribution in [0.5, 0.6) is 0 Å². The first kappa shape index (κ1) is 19.6. The highest BCUT2D eigenvalue weighted by molar-refractivity contribution is 7.89. The quantitative estimate of drug-likeness (QED) is 0.833. The fourth-order valence-corrected chi connectivity index (χ4v) is 5.06. The van der Waals surface area contributed by atoms with Gasteiger partial charge in [-0.25, -0.2) is 8.42 Å². The smallest absolute Gasteiger partial charge is 0.252 e. The van der Waals surface area contributed by atoms with Crippen LogP contribution >= 0.6 is 0 Å². The second kappa shape index (κ2) is 7.44. The molecule has 1 aliphatic heterocycles. The molecule has 1 amide bonds. The van der Waals surface area contributed by atoms with E-state index in [9.17, 15) is 18.0 Å². The molecule has 0 saturated carbocycles. The van der Waals surface area contributed by atoms with Crippen molar-refractivity contribution in [2.75, 3.05) is 13.1 Å². The van der Waals surface area contributed by atoms with Crippen molar-refractivity contribution in [1.82, 2.24) is 14.6 Å². The summed E-state index contributed by atoms with van der Waals surface area (Å²) >= 11 is 0. The topological polar surface area (TPSA) is 99.3 Å². The van der Waals surface area contributed by atoms with Gasteiger partial charge >= 0.3 is 0 Å². The van der Waals surface area contributed by atoms with Crippen molar-refractivity contribution in [3.05, 3.63) is 40.2 Å². The molecule has 3 rings (SSSR count). The van der Waals surface area contributed by atoms with Crippen molar-refractivity contribution in [3.63, 3.8) is 0 Å². The van der Waals surface area contributed by atoms with Crippen LogP contribution < -0.4 is 10.9 Å². The summed E-state index contributed by atoms with van der Waals surface area (Å²) in [6.45, 7) is 6.67. The predicted molar refractivity (Wildman–Crippen MR) is 104 cm³/mol. The average molecular weight is 391 g/mol. The van der Waals surface area contributed by atoms with Gasteiger partial charge in [-0.3, -0.25) is 9.59 Å². The maximum atomic E-state index is 13.1. The van der Waals surface area contributed by atoms with E-state index in [4.69, 9.17) is 0 Å². The fourth-order valence-electron chi connectivity index (χ4n) is 3.43. The predicted octanol–water partition coefficient (Wildman–Crippen LogP) is 2.09. The molecule has 1 saturated heterocycles. The maximum absolute atomic E-state index is 13.1. The molecule has 0 radical (unpaired) electrons. The van der Waals surface area contributed by atoms with Gasteiger partial charge in [0.1, 0.15) is 0 Å². The van der Waals surface area contributed by atoms with Crippen molar-refractivity contribution in [2.24, 2.45) is 5.92 Å². The van der Waals surface area contributed by atoms with E-state index in [1.165, 1.54) is 22.5 Å². The number of hydrogen-bond donors (Lipinski definition) is 2. The summed E-state index contributed by atoms with van der Waals surface area (Å²) in [6.07, 6.45) is 1.86. The molecule has 0 aliphatic carbocycles. The molecule has 2 heterocycles. The Bertz CT molecular complexity index is 1030. The minimum absolute atomic E-state index is 0.103. The zero-order chi connectivity index (χ0) is 19.8. The van der Waals surface area contributed by atoms with Gasteiger partial charge in [0.25, 0.3) is 5.91 Å². The third kappa shape index (κ3) is 4.06. The van der Waals surface area contributed by atoms with Gasteiger partial charge in [-0.05, 0) is 50.8 Å². The van der Waals surface area contributed by atoms with Crippen molar-refractivity contribution in [2.45, 2.75) is 44.6 Å². The molecule has 1 atom stereocenters.